The Labute approximate surface area is 80.0 Å². The molecule has 3 heteroatoms. The number of hydrogen-bond acceptors (Lipinski definition) is 0. The molecule has 0 aromatic carbocycles. The Morgan fingerprint density at radius 1 is 1.27 bits per heavy atom. The number of rotatable bonds is 5. The van der Waals surface area contributed by atoms with E-state index in [2.05, 4.69) is 13.0 Å². The fourth-order valence-electron chi connectivity index (χ4n) is 0.802. The van der Waals surface area contributed by atoms with Gasteiger partial charge < -0.3 is 0 Å². The molecule has 0 amide bonds. The minimum absolute atomic E-state index is 1.12. The van der Waals surface area contributed by atoms with Crippen LogP contribution in [-0.4, -0.2) is 6.69 Å². The number of unbranched alkanes of at least 4 members (excludes halogenated alkanes) is 3. The molecule has 0 fully saturated rings. The van der Waals surface area contributed by atoms with Gasteiger partial charge in [0.1, 0.15) is 0 Å². The van der Waals surface area contributed by atoms with Crippen LogP contribution in [0.5, 0.6) is 0 Å². The summed E-state index contributed by atoms with van der Waals surface area (Å²) in [6, 6.07) is 0. The third-order valence-corrected chi connectivity index (χ3v) is 2.96. The van der Waals surface area contributed by atoms with Crippen LogP contribution in [-0.2, 0) is 0 Å². The fraction of sp³-hybridized carbons (Fsp3) is 0.750. The first-order chi connectivity index (χ1) is 5.06. The van der Waals surface area contributed by atoms with E-state index in [4.69, 9.17) is 22.2 Å². The molecule has 0 aromatic rings. The van der Waals surface area contributed by atoms with Crippen LogP contribution in [0.2, 0.25) is 6.55 Å². The van der Waals surface area contributed by atoms with Crippen LogP contribution in [0.25, 0.3) is 0 Å². The van der Waals surface area contributed by atoms with E-state index >= 15 is 0 Å². The average molecular weight is 211 g/mol. The predicted molar refractivity (Wildman–Crippen MR) is 56.6 cm³/mol. The van der Waals surface area contributed by atoms with Crippen LogP contribution < -0.4 is 0 Å². The molecule has 0 aromatic heterocycles. The Morgan fingerprint density at radius 3 is 2.36 bits per heavy atom. The van der Waals surface area contributed by atoms with Gasteiger partial charge in [-0.2, -0.15) is 0 Å². The van der Waals surface area contributed by atoms with Crippen molar-refractivity contribution in [2.75, 3.05) is 0 Å². The van der Waals surface area contributed by atoms with Gasteiger partial charge in [0.25, 0.3) is 6.69 Å². The van der Waals surface area contributed by atoms with Crippen molar-refractivity contribution in [1.82, 2.24) is 0 Å². The zero-order valence-corrected chi connectivity index (χ0v) is 9.75. The maximum atomic E-state index is 5.86. The zero-order chi connectivity index (χ0) is 8.74. The summed E-state index contributed by atoms with van der Waals surface area (Å²) in [4.78, 5) is 0. The van der Waals surface area contributed by atoms with Gasteiger partial charge in [-0.25, -0.2) is 0 Å². The van der Waals surface area contributed by atoms with E-state index in [1.54, 1.807) is 0 Å². The van der Waals surface area contributed by atoms with Crippen LogP contribution in [0, 0.1) is 0 Å². The van der Waals surface area contributed by atoms with Gasteiger partial charge in [0.15, 0.2) is 0 Å². The summed E-state index contributed by atoms with van der Waals surface area (Å²) in [5.74, 6) is 0. The summed E-state index contributed by atoms with van der Waals surface area (Å²) < 4.78 is 0. The highest BCUT2D eigenvalue weighted by molar-refractivity contribution is 7.47. The first-order valence-electron chi connectivity index (χ1n) is 4.12. The maximum Gasteiger partial charge on any atom is 0.270 e. The molecule has 0 radical (unpaired) electrons. The molecule has 66 valence electrons. The van der Waals surface area contributed by atoms with Crippen molar-refractivity contribution in [1.29, 1.82) is 0 Å². The smallest absolute Gasteiger partial charge is 0.141 e. The molecule has 0 aliphatic rings. The standard InChI is InChI=1S/C8H16Cl2Si/c1-3-4-5-6-7-8-11(2,9)10/h7-8H,3-6H2,1-2H3. The second kappa shape index (κ2) is 6.10. The minimum Gasteiger partial charge on any atom is -0.141 e. The van der Waals surface area contributed by atoms with Crippen molar-refractivity contribution in [2.24, 2.45) is 0 Å². The van der Waals surface area contributed by atoms with Crippen LogP contribution in [0.1, 0.15) is 32.6 Å². The third-order valence-electron chi connectivity index (χ3n) is 1.38. The van der Waals surface area contributed by atoms with Gasteiger partial charge in [0.2, 0.25) is 0 Å². The minimum atomic E-state index is -1.95. The molecular weight excluding hydrogens is 195 g/mol. The molecule has 0 saturated heterocycles. The summed E-state index contributed by atoms with van der Waals surface area (Å²) in [7, 11) is 0. The Hall–Kier alpha value is 0.537. The van der Waals surface area contributed by atoms with Crippen molar-refractivity contribution >= 4 is 28.9 Å². The van der Waals surface area contributed by atoms with E-state index < -0.39 is 6.69 Å². The van der Waals surface area contributed by atoms with Crippen molar-refractivity contribution in [3.8, 4) is 0 Å². The van der Waals surface area contributed by atoms with Crippen LogP contribution in [0.4, 0.5) is 0 Å². The Kier molecular flexibility index (Phi) is 6.40. The Balaban J connectivity index is 3.30. The predicted octanol–water partition coefficient (Wildman–Crippen LogP) is 4.21. The Bertz CT molecular complexity index is 116. The first kappa shape index (κ1) is 11.5. The SMILES string of the molecule is CCCCCC=C[Si](C)(Cl)Cl. The highest BCUT2D eigenvalue weighted by Gasteiger charge is 2.14. The fourth-order valence-corrected chi connectivity index (χ4v) is 1.92. The molecule has 0 saturated carbocycles. The Morgan fingerprint density at radius 2 is 1.91 bits per heavy atom. The number of allylic oxidation sites excluding steroid dienone is 1. The largest absolute Gasteiger partial charge is 0.270 e. The molecule has 0 nitrogen and oxygen atoms in total. The van der Waals surface area contributed by atoms with Gasteiger partial charge in [0, 0.05) is 0 Å². The first-order valence-corrected chi connectivity index (χ1v) is 8.72. The van der Waals surface area contributed by atoms with Gasteiger partial charge in [-0.05, 0) is 19.4 Å². The lowest BCUT2D eigenvalue weighted by atomic mass is 10.2. The average Bonchev–Trinajstić information content (AvgIpc) is 1.85. The van der Waals surface area contributed by atoms with Crippen molar-refractivity contribution < 1.29 is 0 Å². The molecular formula is C8H16Cl2Si. The summed E-state index contributed by atoms with van der Waals surface area (Å²) in [6.07, 6.45) is 7.06. The molecule has 0 aliphatic carbocycles. The lowest BCUT2D eigenvalue weighted by Crippen LogP contribution is -2.07. The highest BCUT2D eigenvalue weighted by Crippen LogP contribution is 2.15. The molecule has 0 unspecified atom stereocenters. The molecule has 0 aliphatic heterocycles. The van der Waals surface area contributed by atoms with E-state index in [1.807, 2.05) is 12.2 Å². The van der Waals surface area contributed by atoms with Gasteiger partial charge in [-0.3, -0.25) is 0 Å². The van der Waals surface area contributed by atoms with Crippen molar-refractivity contribution in [3.05, 3.63) is 11.8 Å². The molecule has 11 heavy (non-hydrogen) atoms. The lowest BCUT2D eigenvalue weighted by Gasteiger charge is -2.00. The summed E-state index contributed by atoms with van der Waals surface area (Å²) in [5.41, 5.74) is 1.98. The zero-order valence-electron chi connectivity index (χ0n) is 7.24. The lowest BCUT2D eigenvalue weighted by molar-refractivity contribution is 0.729. The summed E-state index contributed by atoms with van der Waals surface area (Å²) >= 11 is 11.7. The van der Waals surface area contributed by atoms with Gasteiger partial charge in [-0.1, -0.05) is 31.5 Å². The maximum absolute atomic E-state index is 5.86. The molecule has 0 bridgehead atoms. The van der Waals surface area contributed by atoms with Crippen LogP contribution in [0.15, 0.2) is 11.8 Å². The van der Waals surface area contributed by atoms with E-state index in [0.717, 1.165) is 6.42 Å². The molecule has 0 atom stereocenters. The van der Waals surface area contributed by atoms with Crippen LogP contribution >= 0.6 is 22.2 Å². The third kappa shape index (κ3) is 10.5. The second-order valence-electron chi connectivity index (χ2n) is 2.85. The number of halogens is 2. The van der Waals surface area contributed by atoms with E-state index in [0.29, 0.717) is 0 Å². The second-order valence-corrected chi connectivity index (χ2v) is 10.4. The normalized spacial score (nSPS) is 12.7. The molecule has 0 heterocycles. The number of hydrogen-bond donors (Lipinski definition) is 0. The van der Waals surface area contributed by atoms with E-state index in [-0.39, 0.29) is 0 Å². The van der Waals surface area contributed by atoms with Gasteiger partial charge in [-0.15, -0.1) is 22.2 Å². The topological polar surface area (TPSA) is 0 Å². The summed E-state index contributed by atoms with van der Waals surface area (Å²) in [6.45, 7) is 2.16. The highest BCUT2D eigenvalue weighted by atomic mass is 35.7. The van der Waals surface area contributed by atoms with Crippen molar-refractivity contribution in [2.45, 2.75) is 39.2 Å². The molecule has 0 rings (SSSR count). The monoisotopic (exact) mass is 210 g/mol. The van der Waals surface area contributed by atoms with Crippen LogP contribution in [0.3, 0.4) is 0 Å². The summed E-state index contributed by atoms with van der Waals surface area (Å²) in [5, 5.41) is 0. The molecule has 0 N–H and O–H groups in total. The quantitative estimate of drug-likeness (QED) is 0.363. The molecule has 0 spiro atoms. The van der Waals surface area contributed by atoms with Gasteiger partial charge in [0.05, 0.1) is 0 Å². The van der Waals surface area contributed by atoms with E-state index in [1.165, 1.54) is 19.3 Å². The van der Waals surface area contributed by atoms with Crippen molar-refractivity contribution in [3.63, 3.8) is 0 Å². The van der Waals surface area contributed by atoms with Gasteiger partial charge >= 0.3 is 0 Å². The van der Waals surface area contributed by atoms with E-state index in [9.17, 15) is 0 Å².